The molecule has 328 valence electrons. The van der Waals surface area contributed by atoms with Crippen molar-refractivity contribution < 1.29 is 23.9 Å². The van der Waals surface area contributed by atoms with Gasteiger partial charge in [0.1, 0.15) is 22.8 Å². The molecular weight excluding hydrogens is 808 g/mol. The molecule has 0 radical (unpaired) electrons. The van der Waals surface area contributed by atoms with Crippen molar-refractivity contribution in [2.24, 2.45) is 7.05 Å². The van der Waals surface area contributed by atoms with Gasteiger partial charge in [-0.1, -0.05) is 13.0 Å². The van der Waals surface area contributed by atoms with Crippen molar-refractivity contribution in [1.29, 1.82) is 0 Å². The molecule has 3 amide bonds. The number of amides is 3. The van der Waals surface area contributed by atoms with Gasteiger partial charge in [-0.05, 0) is 92.1 Å². The number of aromatic nitrogens is 5. The number of carbonyl (C=O) groups excluding carboxylic acids is 3. The maximum atomic E-state index is 15.3. The Kier molecular flexibility index (Phi) is 10.5. The lowest BCUT2D eigenvalue weighted by atomic mass is 9.98. The Morgan fingerprint density at radius 2 is 1.71 bits per heavy atom. The summed E-state index contributed by atoms with van der Waals surface area (Å²) in [6, 6.07) is 14.8. The zero-order valence-corrected chi connectivity index (χ0v) is 35.4. The standard InChI is InChI=1S/C45H51FN12O5/c1-3-45(63)15-12-26-4-10-37(51-39(26)45)58-40-33(42(61)54(58)2)22-49-44(53-40)50-30-7-5-28(6-8-30)47-16-17-48-29-13-18-55(19-14-29)31-24-56(25-31)36-20-27-23-57(43(62)32(27)21-34(36)46)35-9-11-38(59)52-41(35)60/h4-8,10,20-22,29,31,35,47-48,63H,3,9,11-19,23-25H2,1-2H3,(H,49,50,53)(H,52,59,60)/t35?,45-/m1/s1. The highest BCUT2D eigenvalue weighted by Gasteiger charge is 2.42. The van der Waals surface area contributed by atoms with Crippen LogP contribution in [0.15, 0.2) is 59.5 Å². The minimum Gasteiger partial charge on any atom is -0.384 e. The molecule has 17 nitrogen and oxygen atoms in total. The summed E-state index contributed by atoms with van der Waals surface area (Å²) in [4.78, 5) is 70.2. The molecule has 3 aromatic heterocycles. The van der Waals surface area contributed by atoms with Gasteiger partial charge in [-0.3, -0.25) is 29.4 Å². The fourth-order valence-electron chi connectivity index (χ4n) is 9.87. The second kappa shape index (κ2) is 16.1. The van der Waals surface area contributed by atoms with E-state index < -0.39 is 23.4 Å². The topological polar surface area (TPSA) is 195 Å². The minimum absolute atomic E-state index is 0.176. The number of benzene rings is 2. The number of hydrogen-bond donors (Lipinski definition) is 5. The molecule has 5 N–H and O–H groups in total. The molecule has 0 saturated carbocycles. The summed E-state index contributed by atoms with van der Waals surface area (Å²) in [5, 5.41) is 24.3. The Morgan fingerprint density at radius 3 is 2.48 bits per heavy atom. The van der Waals surface area contributed by atoms with Crippen molar-refractivity contribution in [3.8, 4) is 5.82 Å². The average Bonchev–Trinajstić information content (AvgIpc) is 3.86. The molecule has 1 aliphatic carbocycles. The van der Waals surface area contributed by atoms with Gasteiger partial charge in [0.15, 0.2) is 11.5 Å². The second-order valence-corrected chi connectivity index (χ2v) is 17.4. The minimum atomic E-state index is -0.981. The largest absolute Gasteiger partial charge is 0.384 e. The van der Waals surface area contributed by atoms with Gasteiger partial charge in [-0.15, -0.1) is 0 Å². The fourth-order valence-corrected chi connectivity index (χ4v) is 9.87. The van der Waals surface area contributed by atoms with Crippen LogP contribution in [0.5, 0.6) is 0 Å². The summed E-state index contributed by atoms with van der Waals surface area (Å²) in [5.41, 5.74) is 4.14. The number of halogens is 1. The number of aryl methyl sites for hydroxylation is 1. The van der Waals surface area contributed by atoms with Gasteiger partial charge in [-0.2, -0.15) is 4.98 Å². The van der Waals surface area contributed by atoms with E-state index in [-0.39, 0.29) is 42.3 Å². The Labute approximate surface area is 362 Å². The molecule has 7 heterocycles. The molecule has 5 aliphatic rings. The van der Waals surface area contributed by atoms with Crippen LogP contribution in [0.4, 0.5) is 27.4 Å². The van der Waals surface area contributed by atoms with E-state index >= 15 is 4.39 Å². The molecule has 1 unspecified atom stereocenters. The van der Waals surface area contributed by atoms with E-state index in [0.29, 0.717) is 77.8 Å². The van der Waals surface area contributed by atoms with E-state index in [9.17, 15) is 24.3 Å². The Morgan fingerprint density at radius 1 is 0.937 bits per heavy atom. The maximum Gasteiger partial charge on any atom is 0.277 e. The van der Waals surface area contributed by atoms with E-state index in [1.807, 2.05) is 48.2 Å². The van der Waals surface area contributed by atoms with Crippen molar-refractivity contribution in [1.82, 2.24) is 44.7 Å². The highest BCUT2D eigenvalue weighted by Crippen LogP contribution is 2.39. The molecule has 0 spiro atoms. The predicted octanol–water partition coefficient (Wildman–Crippen LogP) is 3.06. The maximum absolute atomic E-state index is 15.3. The first kappa shape index (κ1) is 40.8. The quantitative estimate of drug-likeness (QED) is 0.0909. The summed E-state index contributed by atoms with van der Waals surface area (Å²) in [5.74, 6) is -0.769. The summed E-state index contributed by atoms with van der Waals surface area (Å²) >= 11 is 0. The fraction of sp³-hybridized carbons (Fsp3) is 0.444. The number of hydrogen-bond acceptors (Lipinski definition) is 13. The van der Waals surface area contributed by atoms with Gasteiger partial charge < -0.3 is 30.9 Å². The Balaban J connectivity index is 0.674. The van der Waals surface area contributed by atoms with Crippen LogP contribution in [0.3, 0.4) is 0 Å². The van der Waals surface area contributed by atoms with E-state index in [1.165, 1.54) is 21.8 Å². The number of anilines is 4. The van der Waals surface area contributed by atoms with Crippen LogP contribution in [-0.2, 0) is 35.2 Å². The van der Waals surface area contributed by atoms with E-state index in [1.54, 1.807) is 17.8 Å². The zero-order chi connectivity index (χ0) is 43.6. The molecule has 18 heteroatoms. The first-order chi connectivity index (χ1) is 30.5. The molecule has 2 atom stereocenters. The molecule has 3 fully saturated rings. The van der Waals surface area contributed by atoms with Gasteiger partial charge in [0, 0.05) is 94.5 Å². The number of pyridine rings is 1. The first-order valence-corrected chi connectivity index (χ1v) is 21.9. The van der Waals surface area contributed by atoms with Crippen molar-refractivity contribution in [2.75, 3.05) is 54.8 Å². The van der Waals surface area contributed by atoms with Gasteiger partial charge >= 0.3 is 0 Å². The van der Waals surface area contributed by atoms with Crippen LogP contribution < -0.4 is 31.7 Å². The third-order valence-electron chi connectivity index (χ3n) is 13.7. The van der Waals surface area contributed by atoms with Crippen LogP contribution in [-0.4, -0.2) is 114 Å². The first-order valence-electron chi connectivity index (χ1n) is 21.9. The van der Waals surface area contributed by atoms with Crippen LogP contribution in [0.1, 0.15) is 72.6 Å². The van der Waals surface area contributed by atoms with Crippen molar-refractivity contribution in [3.63, 3.8) is 0 Å². The molecule has 0 bridgehead atoms. The van der Waals surface area contributed by atoms with Gasteiger partial charge in [0.2, 0.25) is 17.8 Å². The third kappa shape index (κ3) is 7.48. The van der Waals surface area contributed by atoms with Crippen LogP contribution >= 0.6 is 0 Å². The number of fused-ring (bicyclic) bond motifs is 3. The predicted molar refractivity (Wildman–Crippen MR) is 234 cm³/mol. The molecule has 10 rings (SSSR count). The number of imide groups is 1. The number of piperidine rings is 2. The van der Waals surface area contributed by atoms with Gasteiger partial charge in [0.25, 0.3) is 11.5 Å². The van der Waals surface area contributed by atoms with Crippen LogP contribution in [0.2, 0.25) is 0 Å². The van der Waals surface area contributed by atoms with Crippen molar-refractivity contribution in [2.45, 2.75) is 82.1 Å². The molecule has 3 saturated heterocycles. The molecule has 5 aromatic rings. The second-order valence-electron chi connectivity index (χ2n) is 17.4. The third-order valence-corrected chi connectivity index (χ3v) is 13.7. The van der Waals surface area contributed by atoms with Gasteiger partial charge in [-0.25, -0.2) is 23.7 Å². The normalized spacial score (nSPS) is 21.8. The van der Waals surface area contributed by atoms with E-state index in [0.717, 1.165) is 62.4 Å². The number of nitrogens with zero attached hydrogens (tertiary/aromatic N) is 8. The van der Waals surface area contributed by atoms with Crippen molar-refractivity contribution >= 4 is 51.8 Å². The number of nitrogens with one attached hydrogen (secondary N) is 4. The smallest absolute Gasteiger partial charge is 0.277 e. The van der Waals surface area contributed by atoms with Gasteiger partial charge in [0.05, 0.1) is 11.4 Å². The summed E-state index contributed by atoms with van der Waals surface area (Å²) in [6.07, 6.45) is 5.98. The lowest BCUT2D eigenvalue weighted by molar-refractivity contribution is -0.136. The summed E-state index contributed by atoms with van der Waals surface area (Å²) < 4.78 is 18.5. The van der Waals surface area contributed by atoms with Crippen LogP contribution in [0.25, 0.3) is 16.9 Å². The molecule has 63 heavy (non-hydrogen) atoms. The summed E-state index contributed by atoms with van der Waals surface area (Å²) in [6.45, 7) is 7.11. The number of likely N-dealkylation sites (tertiary alicyclic amines) is 1. The lowest BCUT2D eigenvalue weighted by Gasteiger charge is -2.48. The van der Waals surface area contributed by atoms with E-state index in [4.69, 9.17) is 9.97 Å². The SMILES string of the molecule is CC[C@@]1(O)CCc2ccc(-n3c4nc(Nc5ccc(NCCNC6CCN(C7CN(c8cc9c(cc8F)C(=O)N(C8CCC(=O)NC8=O)C9)C7)CC6)cc5)ncc4c(=O)n3C)nc21. The van der Waals surface area contributed by atoms with Crippen molar-refractivity contribution in [3.05, 3.63) is 93.3 Å². The monoisotopic (exact) mass is 858 g/mol. The Hall–Kier alpha value is -6.24. The Bertz CT molecular complexity index is 2690. The number of carbonyl (C=O) groups is 3. The average molecular weight is 859 g/mol. The zero-order valence-electron chi connectivity index (χ0n) is 35.4. The number of rotatable bonds is 12. The van der Waals surface area contributed by atoms with E-state index in [2.05, 4.69) is 31.2 Å². The van der Waals surface area contributed by atoms with Crippen LogP contribution in [0, 0.1) is 5.82 Å². The number of aliphatic hydroxyl groups is 1. The molecule has 2 aromatic carbocycles. The summed E-state index contributed by atoms with van der Waals surface area (Å²) in [7, 11) is 1.67. The highest BCUT2D eigenvalue weighted by atomic mass is 19.1. The highest BCUT2D eigenvalue weighted by molar-refractivity contribution is 6.05. The molecule has 4 aliphatic heterocycles. The lowest BCUT2D eigenvalue weighted by Crippen LogP contribution is -2.62. The molecular formula is C45H51FN12O5.